The van der Waals surface area contributed by atoms with Gasteiger partial charge < -0.3 is 74.4 Å². The number of aromatic hydroxyl groups is 4. The molecule has 0 unspecified atom stereocenters. The number of hydrogen-bond donors (Lipinski definition) is 10. The highest BCUT2D eigenvalue weighted by Gasteiger charge is 2.47. The van der Waals surface area contributed by atoms with Gasteiger partial charge in [-0.3, -0.25) is 4.79 Å². The molecule has 0 amide bonds. The first-order valence-corrected chi connectivity index (χ1v) is 13.0. The summed E-state index contributed by atoms with van der Waals surface area (Å²) in [6.07, 6.45) is -16.2. The van der Waals surface area contributed by atoms with Gasteiger partial charge in [-0.2, -0.15) is 0 Å². The number of ether oxygens (including phenoxy) is 4. The lowest BCUT2D eigenvalue weighted by Gasteiger charge is -2.42. The molecule has 1 aromatic heterocycles. The van der Waals surface area contributed by atoms with E-state index in [4.69, 9.17) is 23.4 Å². The standard InChI is InChI=1S/C27H30O16/c1-8-17(32)20(35)22(37)26(40-8)39-7-15-18(33)21(36)23(38)27(42-15)43-25-19(34)16-13(31)5-10(28)6-14(16)41-24(25)9-2-3-11(29)12(30)4-9/h2-6,8,15,17-18,20-23,26-33,35-38H,7H2,1H3/t8-,15-,17+,18-,20-,21+,22-,23-,26-,27+/m1/s1. The van der Waals surface area contributed by atoms with Crippen LogP contribution in [-0.2, 0) is 14.2 Å². The summed E-state index contributed by atoms with van der Waals surface area (Å²) in [6.45, 7) is 0.818. The Morgan fingerprint density at radius 2 is 1.42 bits per heavy atom. The third kappa shape index (κ3) is 5.67. The maximum absolute atomic E-state index is 13.6. The van der Waals surface area contributed by atoms with Crippen LogP contribution in [-0.4, -0.2) is 119 Å². The van der Waals surface area contributed by atoms with Crippen molar-refractivity contribution in [2.45, 2.75) is 68.3 Å². The number of hydrogen-bond acceptors (Lipinski definition) is 16. The van der Waals surface area contributed by atoms with Crippen LogP contribution in [0.2, 0.25) is 0 Å². The van der Waals surface area contributed by atoms with Crippen LogP contribution in [0.25, 0.3) is 22.3 Å². The van der Waals surface area contributed by atoms with Gasteiger partial charge in [-0.15, -0.1) is 0 Å². The second-order valence-electron chi connectivity index (χ2n) is 10.3. The smallest absolute Gasteiger partial charge is 0.239 e. The lowest BCUT2D eigenvalue weighted by Crippen LogP contribution is -2.61. The topological polar surface area (TPSA) is 269 Å². The summed E-state index contributed by atoms with van der Waals surface area (Å²) < 4.78 is 27.8. The van der Waals surface area contributed by atoms with E-state index < -0.39 is 113 Å². The predicted molar refractivity (Wildman–Crippen MR) is 140 cm³/mol. The molecule has 2 fully saturated rings. The summed E-state index contributed by atoms with van der Waals surface area (Å²) in [5.41, 5.74) is -1.35. The largest absolute Gasteiger partial charge is 0.508 e. The molecule has 43 heavy (non-hydrogen) atoms. The van der Waals surface area contributed by atoms with E-state index in [9.17, 15) is 55.9 Å². The number of phenolic OH excluding ortho intramolecular Hbond substituents is 4. The van der Waals surface area contributed by atoms with Crippen LogP contribution in [0.4, 0.5) is 0 Å². The van der Waals surface area contributed by atoms with E-state index in [1.165, 1.54) is 13.0 Å². The van der Waals surface area contributed by atoms with E-state index in [1.54, 1.807) is 0 Å². The Labute approximate surface area is 241 Å². The highest BCUT2D eigenvalue weighted by Crippen LogP contribution is 2.39. The zero-order chi connectivity index (χ0) is 31.3. The van der Waals surface area contributed by atoms with Crippen molar-refractivity contribution in [3.63, 3.8) is 0 Å². The molecular formula is C27H30O16. The monoisotopic (exact) mass is 610 g/mol. The molecule has 3 heterocycles. The molecule has 0 bridgehead atoms. The van der Waals surface area contributed by atoms with Crippen LogP contribution in [0.5, 0.6) is 28.7 Å². The fraction of sp³-hybridized carbons (Fsp3) is 0.444. The summed E-state index contributed by atoms with van der Waals surface area (Å²) >= 11 is 0. The molecule has 5 rings (SSSR count). The average molecular weight is 611 g/mol. The highest BCUT2D eigenvalue weighted by atomic mass is 16.7. The zero-order valence-corrected chi connectivity index (χ0v) is 22.3. The molecule has 16 nitrogen and oxygen atoms in total. The van der Waals surface area contributed by atoms with Gasteiger partial charge in [-0.1, -0.05) is 0 Å². The van der Waals surface area contributed by atoms with E-state index in [2.05, 4.69) is 0 Å². The van der Waals surface area contributed by atoms with Crippen molar-refractivity contribution in [2.24, 2.45) is 0 Å². The van der Waals surface area contributed by atoms with Gasteiger partial charge in [-0.25, -0.2) is 0 Å². The third-order valence-electron chi connectivity index (χ3n) is 7.29. The SMILES string of the molecule is C[C@H]1O[C@@H](OC[C@H]2O[C@@H](Oc3c(-c4ccc(O)c(O)c4)oc4cc(O)cc(O)c4c3=O)[C@H](O)[C@@H](O)[C@@H]2O)[C@H](O)[C@H](O)[C@H]1O. The fourth-order valence-electron chi connectivity index (χ4n) is 4.84. The van der Waals surface area contributed by atoms with Crippen molar-refractivity contribution in [1.82, 2.24) is 0 Å². The van der Waals surface area contributed by atoms with Crippen molar-refractivity contribution in [2.75, 3.05) is 6.61 Å². The maximum atomic E-state index is 13.6. The molecule has 0 spiro atoms. The van der Waals surface area contributed by atoms with Crippen molar-refractivity contribution in [3.8, 4) is 40.1 Å². The first-order chi connectivity index (χ1) is 20.3. The molecule has 2 aromatic carbocycles. The van der Waals surface area contributed by atoms with Crippen molar-refractivity contribution >= 4 is 11.0 Å². The number of phenols is 4. The Morgan fingerprint density at radius 3 is 2.12 bits per heavy atom. The molecule has 16 heteroatoms. The van der Waals surface area contributed by atoms with E-state index in [-0.39, 0.29) is 11.1 Å². The summed E-state index contributed by atoms with van der Waals surface area (Å²) in [7, 11) is 0. The van der Waals surface area contributed by atoms with Gasteiger partial charge in [0.1, 0.15) is 65.2 Å². The first-order valence-electron chi connectivity index (χ1n) is 13.0. The fourth-order valence-corrected chi connectivity index (χ4v) is 4.84. The molecule has 0 radical (unpaired) electrons. The normalized spacial score (nSPS) is 33.0. The Hall–Kier alpha value is -3.71. The van der Waals surface area contributed by atoms with Gasteiger partial charge in [0.05, 0.1) is 12.7 Å². The van der Waals surface area contributed by atoms with Crippen LogP contribution in [0, 0.1) is 0 Å². The maximum Gasteiger partial charge on any atom is 0.239 e. The van der Waals surface area contributed by atoms with E-state index in [1.807, 2.05) is 0 Å². The molecule has 234 valence electrons. The number of aliphatic hydroxyl groups is 6. The minimum absolute atomic E-state index is 0.0313. The van der Waals surface area contributed by atoms with E-state index >= 15 is 0 Å². The van der Waals surface area contributed by atoms with Gasteiger partial charge in [0, 0.05) is 17.7 Å². The van der Waals surface area contributed by atoms with Gasteiger partial charge in [0.25, 0.3) is 0 Å². The number of fused-ring (bicyclic) bond motifs is 1. The summed E-state index contributed by atoms with van der Waals surface area (Å²) in [6, 6.07) is 5.24. The minimum atomic E-state index is -1.97. The van der Waals surface area contributed by atoms with Crippen LogP contribution in [0.1, 0.15) is 6.92 Å². The summed E-state index contributed by atoms with van der Waals surface area (Å²) in [5, 5.41) is 101. The molecule has 2 aliphatic rings. The molecule has 10 atom stereocenters. The second-order valence-corrected chi connectivity index (χ2v) is 10.3. The summed E-state index contributed by atoms with van der Waals surface area (Å²) in [4.78, 5) is 13.6. The molecule has 2 saturated heterocycles. The number of benzene rings is 2. The average Bonchev–Trinajstić information content (AvgIpc) is 2.96. The molecular weight excluding hydrogens is 580 g/mol. The molecule has 3 aromatic rings. The van der Waals surface area contributed by atoms with Gasteiger partial charge in [0.15, 0.2) is 23.5 Å². The van der Waals surface area contributed by atoms with Gasteiger partial charge in [0.2, 0.25) is 17.5 Å². The van der Waals surface area contributed by atoms with Gasteiger partial charge >= 0.3 is 0 Å². The van der Waals surface area contributed by atoms with Crippen molar-refractivity contribution in [1.29, 1.82) is 0 Å². The lowest BCUT2D eigenvalue weighted by molar-refractivity contribution is -0.318. The van der Waals surface area contributed by atoms with Crippen LogP contribution >= 0.6 is 0 Å². The molecule has 0 saturated carbocycles. The lowest BCUT2D eigenvalue weighted by atomic mass is 9.98. The second kappa shape index (κ2) is 11.8. The molecule has 2 aliphatic heterocycles. The van der Waals surface area contributed by atoms with Crippen LogP contribution in [0.3, 0.4) is 0 Å². The Morgan fingerprint density at radius 1 is 0.744 bits per heavy atom. The Balaban J connectivity index is 1.48. The quantitative estimate of drug-likeness (QED) is 0.140. The van der Waals surface area contributed by atoms with Gasteiger partial charge in [-0.05, 0) is 25.1 Å². The Bertz CT molecular complexity index is 1540. The molecule has 0 aliphatic carbocycles. The third-order valence-corrected chi connectivity index (χ3v) is 7.29. The minimum Gasteiger partial charge on any atom is -0.508 e. The number of rotatable bonds is 6. The first kappa shape index (κ1) is 30.7. The highest BCUT2D eigenvalue weighted by molar-refractivity contribution is 5.88. The molecule has 10 N–H and O–H groups in total. The summed E-state index contributed by atoms with van der Waals surface area (Å²) in [5.74, 6) is -3.33. The van der Waals surface area contributed by atoms with E-state index in [0.717, 1.165) is 24.3 Å². The van der Waals surface area contributed by atoms with Crippen LogP contribution in [0.15, 0.2) is 39.5 Å². The predicted octanol–water partition coefficient (Wildman–Crippen LogP) is -1.69. The Kier molecular flexibility index (Phi) is 8.41. The van der Waals surface area contributed by atoms with Crippen LogP contribution < -0.4 is 10.2 Å². The van der Waals surface area contributed by atoms with E-state index in [0.29, 0.717) is 0 Å². The van der Waals surface area contributed by atoms with Crippen molar-refractivity contribution in [3.05, 3.63) is 40.6 Å². The number of aliphatic hydroxyl groups excluding tert-OH is 6. The zero-order valence-electron chi connectivity index (χ0n) is 22.3. The van der Waals surface area contributed by atoms with Crippen molar-refractivity contribution < 1.29 is 74.4 Å².